The number of terminal acetylenes is 1. The van der Waals surface area contributed by atoms with Gasteiger partial charge in [-0.15, -0.1) is 6.42 Å². The topological polar surface area (TPSA) is 180 Å². The number of nitrogens with two attached hydrogens (primary N) is 1. The number of urea groups is 1. The van der Waals surface area contributed by atoms with Crippen LogP contribution >= 0.6 is 11.8 Å². The molecule has 0 radical (unpaired) electrons. The van der Waals surface area contributed by atoms with Gasteiger partial charge in [-0.3, -0.25) is 4.79 Å². The number of fused-ring (bicyclic) bond motifs is 2. The van der Waals surface area contributed by atoms with Crippen molar-refractivity contribution in [2.24, 2.45) is 0 Å². The lowest BCUT2D eigenvalue weighted by Crippen LogP contribution is -2.34. The molecule has 3 aliphatic heterocycles. The second kappa shape index (κ2) is 14.8. The van der Waals surface area contributed by atoms with Crippen molar-refractivity contribution in [1.82, 2.24) is 25.2 Å². The highest BCUT2D eigenvalue weighted by Crippen LogP contribution is 2.38. The van der Waals surface area contributed by atoms with E-state index >= 15 is 0 Å². The van der Waals surface area contributed by atoms with Gasteiger partial charge in [0, 0.05) is 24.1 Å². The molecule has 0 aromatic carbocycles. The molecule has 13 nitrogen and oxygen atoms in total. The number of anilines is 1. The number of nitrogen functional groups attached to an aromatic ring is 1. The standard InChI is InChI=1S/C19H24N4O3.C5H8N2OS.C3H6O3/c1-4-6-7-16(24)25-12-19(5-2)10-8-15(26-19)23-11-9-14-17(20)21-13(3)22-18(14)23;8-5-6-3-1-9-2-4(3)7-5;1-2-6-3(4)5/h2,9,11,15H,4,6-8,10,12H2,1,3H3,(H2,20,21,22);3-4H,1-2H2,(H2,6,7,8);2H2,1H3,(H,4,5)/t15?,19-;3-,4+;/m0../s1. The van der Waals surface area contributed by atoms with Gasteiger partial charge >= 0.3 is 18.2 Å². The molecule has 2 aromatic heterocycles. The summed E-state index contributed by atoms with van der Waals surface area (Å²) in [6, 6.07) is 2.68. The van der Waals surface area contributed by atoms with Crippen LogP contribution in [0.4, 0.5) is 15.4 Å². The second-order valence-corrected chi connectivity index (χ2v) is 10.8. The molecule has 2 amide bonds. The van der Waals surface area contributed by atoms with E-state index in [-0.39, 0.29) is 31.4 Å². The van der Waals surface area contributed by atoms with E-state index in [4.69, 9.17) is 26.7 Å². The van der Waals surface area contributed by atoms with Gasteiger partial charge in [-0.05, 0) is 39.2 Å². The molecule has 3 aliphatic rings. The number of thioether (sulfide) groups is 1. The van der Waals surface area contributed by atoms with Gasteiger partial charge in [-0.2, -0.15) is 11.8 Å². The van der Waals surface area contributed by atoms with Crippen molar-refractivity contribution in [2.45, 2.75) is 76.8 Å². The molecule has 5 N–H and O–H groups in total. The maximum absolute atomic E-state index is 11.8. The first-order chi connectivity index (χ1) is 19.6. The fraction of sp³-hybridized carbons (Fsp3) is 0.593. The van der Waals surface area contributed by atoms with Crippen LogP contribution < -0.4 is 16.4 Å². The minimum atomic E-state index is -1.21. The molecule has 224 valence electrons. The van der Waals surface area contributed by atoms with Crippen molar-refractivity contribution in [1.29, 1.82) is 0 Å². The summed E-state index contributed by atoms with van der Waals surface area (Å²) in [5.41, 5.74) is 5.78. The van der Waals surface area contributed by atoms with Gasteiger partial charge in [0.25, 0.3) is 0 Å². The zero-order chi connectivity index (χ0) is 30.0. The number of aromatic nitrogens is 3. The zero-order valence-corrected chi connectivity index (χ0v) is 24.4. The third kappa shape index (κ3) is 8.64. The van der Waals surface area contributed by atoms with Crippen molar-refractivity contribution in [3.63, 3.8) is 0 Å². The Bertz CT molecular complexity index is 1250. The Morgan fingerprint density at radius 2 is 2.00 bits per heavy atom. The second-order valence-electron chi connectivity index (χ2n) is 9.70. The molecule has 2 aromatic rings. The highest BCUT2D eigenvalue weighted by Gasteiger charge is 2.41. The molecule has 5 heterocycles. The average molecular weight is 591 g/mol. The first-order valence-electron chi connectivity index (χ1n) is 13.5. The number of aryl methyl sites for hydroxylation is 1. The number of nitrogens with one attached hydrogen (secondary N) is 2. The number of nitrogens with zero attached hydrogens (tertiary/aromatic N) is 3. The van der Waals surface area contributed by atoms with Crippen LogP contribution in [-0.4, -0.2) is 80.2 Å². The van der Waals surface area contributed by atoms with Crippen LogP contribution in [0.5, 0.6) is 0 Å². The molecule has 1 unspecified atom stereocenters. The van der Waals surface area contributed by atoms with E-state index in [1.807, 2.05) is 35.5 Å². The Kier molecular flexibility index (Phi) is 11.5. The van der Waals surface area contributed by atoms with E-state index in [2.05, 4.69) is 31.3 Å². The van der Waals surface area contributed by atoms with Crippen molar-refractivity contribution in [3.05, 3.63) is 18.1 Å². The number of carbonyl (C=O) groups is 3. The number of rotatable bonds is 7. The minimum absolute atomic E-state index is 0.00491. The summed E-state index contributed by atoms with van der Waals surface area (Å²) in [5.74, 6) is 5.63. The predicted octanol–water partition coefficient (Wildman–Crippen LogP) is 3.22. The zero-order valence-electron chi connectivity index (χ0n) is 23.6. The Hall–Kier alpha value is -3.70. The number of carbonyl (C=O) groups excluding carboxylic acids is 2. The molecule has 5 rings (SSSR count). The highest BCUT2D eigenvalue weighted by molar-refractivity contribution is 7.99. The summed E-state index contributed by atoms with van der Waals surface area (Å²) < 4.78 is 17.4. The molecule has 0 bridgehead atoms. The Morgan fingerprint density at radius 1 is 1.29 bits per heavy atom. The number of hydrogen-bond acceptors (Lipinski definition) is 10. The predicted molar refractivity (Wildman–Crippen MR) is 154 cm³/mol. The number of carboxylic acid groups (broad SMARTS) is 1. The lowest BCUT2D eigenvalue weighted by molar-refractivity contribution is -0.152. The Morgan fingerprint density at radius 3 is 2.59 bits per heavy atom. The van der Waals surface area contributed by atoms with Crippen LogP contribution in [0.1, 0.15) is 58.0 Å². The van der Waals surface area contributed by atoms with Gasteiger partial charge in [0.15, 0.2) is 5.60 Å². The van der Waals surface area contributed by atoms with Crippen molar-refractivity contribution in [2.75, 3.05) is 30.5 Å². The van der Waals surface area contributed by atoms with Gasteiger partial charge in [0.1, 0.15) is 30.1 Å². The maximum atomic E-state index is 11.8. The molecule has 3 saturated heterocycles. The molecular weight excluding hydrogens is 552 g/mol. The molecule has 14 heteroatoms. The maximum Gasteiger partial charge on any atom is 0.505 e. The lowest BCUT2D eigenvalue weighted by atomic mass is 10.0. The van der Waals surface area contributed by atoms with Crippen LogP contribution in [0.25, 0.3) is 11.0 Å². The van der Waals surface area contributed by atoms with Gasteiger partial charge in [0.05, 0.1) is 24.1 Å². The number of amides is 2. The Labute approximate surface area is 243 Å². The number of unbranched alkanes of at least 4 members (excludes halogenated alkanes) is 1. The van der Waals surface area contributed by atoms with E-state index in [0.29, 0.717) is 48.6 Å². The van der Waals surface area contributed by atoms with Crippen LogP contribution in [0.15, 0.2) is 12.3 Å². The van der Waals surface area contributed by atoms with Crippen molar-refractivity contribution in [3.8, 4) is 12.3 Å². The number of hydrogen-bond donors (Lipinski definition) is 4. The van der Waals surface area contributed by atoms with Gasteiger partial charge in [-0.1, -0.05) is 19.3 Å². The normalized spacial score (nSPS) is 24.0. The molecule has 0 spiro atoms. The first-order valence-corrected chi connectivity index (χ1v) is 14.7. The summed E-state index contributed by atoms with van der Waals surface area (Å²) in [5, 5.41) is 14.2. The average Bonchev–Trinajstić information content (AvgIpc) is 3.70. The summed E-state index contributed by atoms with van der Waals surface area (Å²) in [4.78, 5) is 40.5. The molecule has 3 fully saturated rings. The number of esters is 1. The van der Waals surface area contributed by atoms with E-state index in [1.54, 1.807) is 13.8 Å². The van der Waals surface area contributed by atoms with Gasteiger partial charge in [-0.25, -0.2) is 19.6 Å². The van der Waals surface area contributed by atoms with E-state index in [0.717, 1.165) is 29.7 Å². The summed E-state index contributed by atoms with van der Waals surface area (Å²) in [6.07, 6.45) is 9.54. The first kappa shape index (κ1) is 31.8. The van der Waals surface area contributed by atoms with Gasteiger partial charge in [0.2, 0.25) is 0 Å². The monoisotopic (exact) mass is 590 g/mol. The summed E-state index contributed by atoms with van der Waals surface area (Å²) in [7, 11) is 0. The quantitative estimate of drug-likeness (QED) is 0.211. The van der Waals surface area contributed by atoms with E-state index in [1.165, 1.54) is 0 Å². The largest absolute Gasteiger partial charge is 0.505 e. The SMILES string of the molecule is C#C[C@@]1(COC(=O)CCCC)CCC(n2ccc3c(N)nc(C)nc32)O1.CCOC(=O)O.O=C1N[C@H]2CSC[C@H]2N1. The smallest absolute Gasteiger partial charge is 0.462 e. The third-order valence-corrected chi connectivity index (χ3v) is 7.81. The third-order valence-electron chi connectivity index (χ3n) is 6.63. The number of ether oxygens (including phenoxy) is 3. The molecule has 0 aliphatic carbocycles. The van der Waals surface area contributed by atoms with Crippen LogP contribution in [-0.2, 0) is 19.0 Å². The highest BCUT2D eigenvalue weighted by atomic mass is 32.2. The minimum Gasteiger partial charge on any atom is -0.462 e. The molecule has 0 saturated carbocycles. The van der Waals surface area contributed by atoms with Crippen LogP contribution in [0.3, 0.4) is 0 Å². The lowest BCUT2D eigenvalue weighted by Gasteiger charge is -2.24. The van der Waals surface area contributed by atoms with E-state index in [9.17, 15) is 14.4 Å². The molecular formula is C27H38N6O7S. The Balaban J connectivity index is 0.000000250. The fourth-order valence-electron chi connectivity index (χ4n) is 4.52. The van der Waals surface area contributed by atoms with Crippen molar-refractivity contribution < 1.29 is 33.7 Å². The summed E-state index contributed by atoms with van der Waals surface area (Å²) >= 11 is 1.89. The summed E-state index contributed by atoms with van der Waals surface area (Å²) in [6.45, 7) is 5.74. The van der Waals surface area contributed by atoms with E-state index < -0.39 is 11.8 Å². The fourth-order valence-corrected chi connectivity index (χ4v) is 5.79. The molecule has 41 heavy (non-hydrogen) atoms. The van der Waals surface area contributed by atoms with Gasteiger partial charge < -0.3 is 40.3 Å². The van der Waals surface area contributed by atoms with Crippen molar-refractivity contribution >= 4 is 46.8 Å². The molecule has 4 atom stereocenters. The van der Waals surface area contributed by atoms with Crippen LogP contribution in [0.2, 0.25) is 0 Å². The van der Waals surface area contributed by atoms with Crippen LogP contribution in [0, 0.1) is 19.3 Å².